The summed E-state index contributed by atoms with van der Waals surface area (Å²) in [6, 6.07) is 0. The predicted molar refractivity (Wildman–Crippen MR) is 115 cm³/mol. The van der Waals surface area contributed by atoms with Crippen molar-refractivity contribution in [2.45, 2.75) is 79.9 Å². The van der Waals surface area contributed by atoms with Crippen LogP contribution in [0.5, 0.6) is 0 Å². The number of carbonyl (C=O) groups is 3. The van der Waals surface area contributed by atoms with Crippen molar-refractivity contribution >= 4 is 25.5 Å². The van der Waals surface area contributed by atoms with Crippen molar-refractivity contribution in [2.24, 2.45) is 10.8 Å². The van der Waals surface area contributed by atoms with Gasteiger partial charge in [-0.15, -0.1) is 0 Å². The van der Waals surface area contributed by atoms with Crippen LogP contribution in [0.4, 0.5) is 0 Å². The minimum atomic E-state index is -3.86. The molecule has 0 spiro atoms. The molecule has 0 bridgehead atoms. The van der Waals surface area contributed by atoms with Gasteiger partial charge in [0.25, 0.3) is 0 Å². The van der Waals surface area contributed by atoms with E-state index in [1.54, 1.807) is 41.5 Å². The fourth-order valence-corrected chi connectivity index (χ4v) is 4.07. The second-order valence-corrected chi connectivity index (χ2v) is 11.9. The lowest BCUT2D eigenvalue weighted by molar-refractivity contribution is -0.162. The lowest BCUT2D eigenvalue weighted by atomic mass is 9.98. The van der Waals surface area contributed by atoms with Gasteiger partial charge in [-0.2, -0.15) is 0 Å². The summed E-state index contributed by atoms with van der Waals surface area (Å²) in [5, 5.41) is 0. The van der Waals surface area contributed by atoms with Crippen LogP contribution < -0.4 is 0 Å². The van der Waals surface area contributed by atoms with Gasteiger partial charge in [-0.1, -0.05) is 0 Å². The zero-order valence-corrected chi connectivity index (χ0v) is 21.0. The smallest absolute Gasteiger partial charge is 0.339 e. The summed E-state index contributed by atoms with van der Waals surface area (Å²) in [5.74, 6) is -1.47. The molecule has 0 N–H and O–H groups in total. The number of hydrogen-bond donors (Lipinski definition) is 0. The molecule has 0 radical (unpaired) electrons. The average Bonchev–Trinajstić information content (AvgIpc) is 2.65. The summed E-state index contributed by atoms with van der Waals surface area (Å²) >= 11 is 0. The van der Waals surface area contributed by atoms with E-state index in [4.69, 9.17) is 28.0 Å². The monoisotopic (exact) mass is 480 g/mol. The van der Waals surface area contributed by atoms with Gasteiger partial charge in [-0.05, 0) is 60.8 Å². The molecule has 0 aromatic heterocycles. The minimum Gasteiger partial charge on any atom is -0.463 e. The lowest BCUT2D eigenvalue weighted by Gasteiger charge is -2.31. The third kappa shape index (κ3) is 10.9. The summed E-state index contributed by atoms with van der Waals surface area (Å²) in [7, 11) is -3.86. The Balaban J connectivity index is 2.75. The standard InChI is InChI=1S/C21H37O10P/c1-15(22)26-11-16-9-8-10-17(31-16)12-32(25,29-13-27-18(23)20(2,3)4)30-14-28-19(24)21(5,6)7/h16-17H,8-14H2,1-7H3/t16-,17+/m1/s1. The van der Waals surface area contributed by atoms with E-state index in [1.807, 2.05) is 0 Å². The number of esters is 3. The molecule has 1 aliphatic rings. The van der Waals surface area contributed by atoms with Gasteiger partial charge in [0, 0.05) is 6.92 Å². The van der Waals surface area contributed by atoms with Crippen molar-refractivity contribution in [1.29, 1.82) is 0 Å². The zero-order chi connectivity index (χ0) is 24.6. The molecule has 1 saturated heterocycles. The first-order chi connectivity index (χ1) is 14.6. The van der Waals surface area contributed by atoms with Crippen molar-refractivity contribution < 1.29 is 46.9 Å². The molecule has 0 saturated carbocycles. The van der Waals surface area contributed by atoms with Crippen molar-refractivity contribution in [3.8, 4) is 0 Å². The summed E-state index contributed by atoms with van der Waals surface area (Å²) < 4.78 is 44.9. The van der Waals surface area contributed by atoms with E-state index in [0.29, 0.717) is 12.8 Å². The quantitative estimate of drug-likeness (QED) is 0.197. The Hall–Kier alpha value is -1.48. The first-order valence-corrected chi connectivity index (χ1v) is 12.4. The Bertz CT molecular complexity index is 656. The lowest BCUT2D eigenvalue weighted by Crippen LogP contribution is -2.34. The third-order valence-electron chi connectivity index (χ3n) is 4.44. The van der Waals surface area contributed by atoms with Crippen LogP contribution in [-0.2, 0) is 46.9 Å². The Morgan fingerprint density at radius 2 is 1.31 bits per heavy atom. The Morgan fingerprint density at radius 3 is 1.75 bits per heavy atom. The highest BCUT2D eigenvalue weighted by Crippen LogP contribution is 2.50. The van der Waals surface area contributed by atoms with E-state index >= 15 is 0 Å². The molecule has 11 heteroatoms. The van der Waals surface area contributed by atoms with E-state index < -0.39 is 56.0 Å². The second-order valence-electron chi connectivity index (χ2n) is 9.76. The molecule has 0 amide bonds. The second kappa shape index (κ2) is 12.1. The highest BCUT2D eigenvalue weighted by Gasteiger charge is 2.35. The summed E-state index contributed by atoms with van der Waals surface area (Å²) in [6.07, 6.45) is 1.10. The molecule has 0 unspecified atom stereocenters. The Morgan fingerprint density at radius 1 is 0.844 bits per heavy atom. The first kappa shape index (κ1) is 28.6. The van der Waals surface area contributed by atoms with Crippen molar-refractivity contribution in [1.82, 2.24) is 0 Å². The third-order valence-corrected chi connectivity index (χ3v) is 6.29. The Labute approximate surface area is 190 Å². The summed E-state index contributed by atoms with van der Waals surface area (Å²) in [6.45, 7) is 10.3. The van der Waals surface area contributed by atoms with Gasteiger partial charge >= 0.3 is 25.5 Å². The van der Waals surface area contributed by atoms with Crippen LogP contribution in [0, 0.1) is 10.8 Å². The fourth-order valence-electron chi connectivity index (χ4n) is 2.59. The molecular formula is C21H37O10P. The van der Waals surface area contributed by atoms with E-state index in [-0.39, 0.29) is 18.9 Å². The van der Waals surface area contributed by atoms with Gasteiger partial charge in [0.15, 0.2) is 0 Å². The molecule has 0 aromatic carbocycles. The maximum Gasteiger partial charge on any atom is 0.339 e. The summed E-state index contributed by atoms with van der Waals surface area (Å²) in [5.41, 5.74) is -1.51. The van der Waals surface area contributed by atoms with Gasteiger partial charge in [0.2, 0.25) is 13.6 Å². The molecule has 1 fully saturated rings. The average molecular weight is 480 g/mol. The summed E-state index contributed by atoms with van der Waals surface area (Å²) in [4.78, 5) is 35.0. The topological polar surface area (TPSA) is 124 Å². The van der Waals surface area contributed by atoms with Crippen molar-refractivity contribution in [3.63, 3.8) is 0 Å². The Kier molecular flexibility index (Phi) is 10.8. The molecule has 186 valence electrons. The van der Waals surface area contributed by atoms with E-state index in [2.05, 4.69) is 0 Å². The minimum absolute atomic E-state index is 0.101. The van der Waals surface area contributed by atoms with E-state index in [1.165, 1.54) is 6.92 Å². The highest BCUT2D eigenvalue weighted by molar-refractivity contribution is 7.53. The van der Waals surface area contributed by atoms with Crippen LogP contribution in [0.15, 0.2) is 0 Å². The van der Waals surface area contributed by atoms with Gasteiger partial charge in [0.1, 0.15) is 6.61 Å². The normalized spacial score (nSPS) is 19.8. The SMILES string of the molecule is CC(=O)OC[C@H]1CCC[C@@H](CP(=O)(OCOC(=O)C(C)(C)C)OCOC(=O)C(C)(C)C)O1. The predicted octanol–water partition coefficient (Wildman–Crippen LogP) is 3.81. The van der Waals surface area contributed by atoms with Crippen molar-refractivity contribution in [3.05, 3.63) is 0 Å². The van der Waals surface area contributed by atoms with E-state index in [0.717, 1.165) is 6.42 Å². The first-order valence-electron chi connectivity index (χ1n) is 10.6. The van der Waals surface area contributed by atoms with Crippen LogP contribution >= 0.6 is 7.60 Å². The maximum atomic E-state index is 13.3. The molecule has 1 aliphatic heterocycles. The van der Waals surface area contributed by atoms with Crippen LogP contribution in [-0.4, -0.2) is 56.5 Å². The number of ether oxygens (including phenoxy) is 4. The van der Waals surface area contributed by atoms with Crippen LogP contribution in [0.25, 0.3) is 0 Å². The molecule has 2 atom stereocenters. The van der Waals surface area contributed by atoms with Gasteiger partial charge in [-0.25, -0.2) is 0 Å². The molecule has 0 aromatic rings. The zero-order valence-electron chi connectivity index (χ0n) is 20.1. The molecule has 10 nitrogen and oxygen atoms in total. The largest absolute Gasteiger partial charge is 0.463 e. The molecule has 1 rings (SSSR count). The van der Waals surface area contributed by atoms with Crippen molar-refractivity contribution in [2.75, 3.05) is 26.4 Å². The molecule has 32 heavy (non-hydrogen) atoms. The molecule has 1 heterocycles. The number of hydrogen-bond acceptors (Lipinski definition) is 10. The highest BCUT2D eigenvalue weighted by atomic mass is 31.2. The molecule has 0 aliphatic carbocycles. The van der Waals surface area contributed by atoms with Gasteiger partial charge in [-0.3, -0.25) is 28.0 Å². The van der Waals surface area contributed by atoms with Gasteiger partial charge in [0.05, 0.1) is 29.2 Å². The number of rotatable bonds is 10. The fraction of sp³-hybridized carbons (Fsp3) is 0.857. The number of carbonyl (C=O) groups excluding carboxylic acids is 3. The van der Waals surface area contributed by atoms with Gasteiger partial charge < -0.3 is 18.9 Å². The van der Waals surface area contributed by atoms with Crippen LogP contribution in [0.1, 0.15) is 67.7 Å². The van der Waals surface area contributed by atoms with Crippen LogP contribution in [0.3, 0.4) is 0 Å². The molecular weight excluding hydrogens is 443 g/mol. The maximum absolute atomic E-state index is 13.3. The van der Waals surface area contributed by atoms with Crippen LogP contribution in [0.2, 0.25) is 0 Å². The van der Waals surface area contributed by atoms with E-state index in [9.17, 15) is 18.9 Å².